The molecule has 0 amide bonds. The quantitative estimate of drug-likeness (QED) is 0.772. The van der Waals surface area contributed by atoms with Crippen LogP contribution in [0, 0.1) is 12.8 Å². The lowest BCUT2D eigenvalue weighted by molar-refractivity contribution is 0.344. The third kappa shape index (κ3) is 3.22. The fraction of sp³-hybridized carbons (Fsp3) is 0.438. The van der Waals surface area contributed by atoms with E-state index < -0.39 is 0 Å². The van der Waals surface area contributed by atoms with Crippen molar-refractivity contribution in [3.63, 3.8) is 0 Å². The molecule has 0 spiro atoms. The summed E-state index contributed by atoms with van der Waals surface area (Å²) in [5.41, 5.74) is 2.36. The Morgan fingerprint density at radius 1 is 1.35 bits per heavy atom. The minimum atomic E-state index is 0.646. The SMILES string of the molecule is Cc1nnc2n1C[C@@H](CNCc1csc(-c3ccsc3)n1)CC2. The van der Waals surface area contributed by atoms with Gasteiger partial charge in [0, 0.05) is 42.4 Å². The van der Waals surface area contributed by atoms with Gasteiger partial charge in [-0.25, -0.2) is 4.98 Å². The Kier molecular flexibility index (Phi) is 4.24. The fourth-order valence-electron chi connectivity index (χ4n) is 3.01. The zero-order valence-electron chi connectivity index (χ0n) is 13.0. The molecule has 1 aliphatic rings. The van der Waals surface area contributed by atoms with Crippen LogP contribution in [0.15, 0.2) is 22.2 Å². The molecule has 0 saturated heterocycles. The van der Waals surface area contributed by atoms with Crippen LogP contribution in [0.1, 0.15) is 23.8 Å². The van der Waals surface area contributed by atoms with Gasteiger partial charge in [0.2, 0.25) is 0 Å². The van der Waals surface area contributed by atoms with E-state index in [1.54, 1.807) is 22.7 Å². The van der Waals surface area contributed by atoms with Gasteiger partial charge in [-0.05, 0) is 30.7 Å². The monoisotopic (exact) mass is 345 g/mol. The topological polar surface area (TPSA) is 55.6 Å². The molecular weight excluding hydrogens is 326 g/mol. The van der Waals surface area contributed by atoms with Crippen molar-refractivity contribution in [3.8, 4) is 10.6 Å². The van der Waals surface area contributed by atoms with Crippen molar-refractivity contribution in [2.24, 2.45) is 5.92 Å². The predicted molar refractivity (Wildman–Crippen MR) is 93.7 cm³/mol. The van der Waals surface area contributed by atoms with Crippen molar-refractivity contribution >= 4 is 22.7 Å². The molecular formula is C16H19N5S2. The molecule has 3 aromatic heterocycles. The molecule has 23 heavy (non-hydrogen) atoms. The average molecular weight is 345 g/mol. The maximum absolute atomic E-state index is 4.71. The summed E-state index contributed by atoms with van der Waals surface area (Å²) in [5, 5.41) is 19.5. The Balaban J connectivity index is 1.30. The summed E-state index contributed by atoms with van der Waals surface area (Å²) in [6, 6.07) is 2.13. The normalized spacial score (nSPS) is 17.3. The van der Waals surface area contributed by atoms with Crippen molar-refractivity contribution < 1.29 is 0 Å². The smallest absolute Gasteiger partial charge is 0.133 e. The zero-order valence-corrected chi connectivity index (χ0v) is 14.7. The van der Waals surface area contributed by atoms with E-state index in [0.29, 0.717) is 5.92 Å². The van der Waals surface area contributed by atoms with Crippen LogP contribution in [0.5, 0.6) is 0 Å². The third-order valence-corrected chi connectivity index (χ3v) is 5.91. The molecule has 0 radical (unpaired) electrons. The van der Waals surface area contributed by atoms with E-state index in [0.717, 1.165) is 48.4 Å². The number of aryl methyl sites for hydroxylation is 2. The second-order valence-electron chi connectivity index (χ2n) is 5.97. The number of hydrogen-bond acceptors (Lipinski definition) is 6. The van der Waals surface area contributed by atoms with Crippen LogP contribution in [-0.4, -0.2) is 26.3 Å². The van der Waals surface area contributed by atoms with Crippen LogP contribution < -0.4 is 5.32 Å². The first-order valence-corrected chi connectivity index (χ1v) is 9.68. The van der Waals surface area contributed by atoms with Gasteiger partial charge >= 0.3 is 0 Å². The minimum Gasteiger partial charge on any atom is -0.315 e. The van der Waals surface area contributed by atoms with E-state index in [9.17, 15) is 0 Å². The number of nitrogens with zero attached hydrogens (tertiary/aromatic N) is 4. The van der Waals surface area contributed by atoms with Crippen molar-refractivity contribution in [2.45, 2.75) is 32.9 Å². The van der Waals surface area contributed by atoms with Crippen molar-refractivity contribution in [2.75, 3.05) is 6.54 Å². The van der Waals surface area contributed by atoms with Gasteiger partial charge < -0.3 is 9.88 Å². The van der Waals surface area contributed by atoms with Crippen molar-refractivity contribution in [1.82, 2.24) is 25.1 Å². The Morgan fingerprint density at radius 2 is 2.30 bits per heavy atom. The summed E-state index contributed by atoms with van der Waals surface area (Å²) in [4.78, 5) is 4.71. The van der Waals surface area contributed by atoms with Gasteiger partial charge in [0.1, 0.15) is 16.7 Å². The lowest BCUT2D eigenvalue weighted by atomic mass is 9.99. The van der Waals surface area contributed by atoms with E-state index in [4.69, 9.17) is 4.98 Å². The molecule has 1 N–H and O–H groups in total. The largest absolute Gasteiger partial charge is 0.315 e. The van der Waals surface area contributed by atoms with Gasteiger partial charge in [0.05, 0.1) is 5.69 Å². The Labute approximate surface area is 143 Å². The van der Waals surface area contributed by atoms with E-state index in [1.165, 1.54) is 12.0 Å². The van der Waals surface area contributed by atoms with Gasteiger partial charge in [-0.2, -0.15) is 11.3 Å². The molecule has 0 saturated carbocycles. The molecule has 0 unspecified atom stereocenters. The molecule has 4 rings (SSSR count). The number of aromatic nitrogens is 4. The summed E-state index contributed by atoms with van der Waals surface area (Å²) in [6.45, 7) is 4.92. The van der Waals surface area contributed by atoms with Crippen LogP contribution in [0.4, 0.5) is 0 Å². The van der Waals surface area contributed by atoms with Crippen LogP contribution >= 0.6 is 22.7 Å². The highest BCUT2D eigenvalue weighted by Crippen LogP contribution is 2.25. The number of rotatable bonds is 5. The average Bonchev–Trinajstić information content (AvgIpc) is 3.29. The van der Waals surface area contributed by atoms with Gasteiger partial charge in [-0.3, -0.25) is 0 Å². The molecule has 3 aromatic rings. The first-order chi connectivity index (χ1) is 11.3. The molecule has 0 bridgehead atoms. The minimum absolute atomic E-state index is 0.646. The first-order valence-electron chi connectivity index (χ1n) is 7.86. The Bertz CT molecular complexity index is 774. The standard InChI is InChI=1S/C16H19N5S2/c1-11-19-20-15-3-2-12(8-21(11)15)6-17-7-14-10-23-16(18-14)13-4-5-22-9-13/h4-5,9-10,12,17H,2-3,6-8H2,1H3/t12-/m1/s1. The van der Waals surface area contributed by atoms with Crippen LogP contribution in [0.25, 0.3) is 10.6 Å². The Hall–Kier alpha value is -1.57. The predicted octanol–water partition coefficient (Wildman–Crippen LogP) is 3.12. The highest BCUT2D eigenvalue weighted by Gasteiger charge is 2.21. The van der Waals surface area contributed by atoms with Crippen LogP contribution in [0.2, 0.25) is 0 Å². The molecule has 1 atom stereocenters. The molecule has 0 aliphatic carbocycles. The molecule has 1 aliphatic heterocycles. The molecule has 5 nitrogen and oxygen atoms in total. The lowest BCUT2D eigenvalue weighted by Crippen LogP contribution is -2.30. The van der Waals surface area contributed by atoms with E-state index in [2.05, 4.69) is 42.3 Å². The van der Waals surface area contributed by atoms with Gasteiger partial charge in [0.25, 0.3) is 0 Å². The maximum Gasteiger partial charge on any atom is 0.133 e. The van der Waals surface area contributed by atoms with E-state index in [1.807, 2.05) is 6.92 Å². The lowest BCUT2D eigenvalue weighted by Gasteiger charge is -2.24. The number of fused-ring (bicyclic) bond motifs is 1. The first kappa shape index (κ1) is 15.0. The number of hydrogen-bond donors (Lipinski definition) is 1. The van der Waals surface area contributed by atoms with Crippen LogP contribution in [0.3, 0.4) is 0 Å². The zero-order chi connectivity index (χ0) is 15.6. The molecule has 0 fully saturated rings. The van der Waals surface area contributed by atoms with Crippen LogP contribution in [-0.2, 0) is 19.5 Å². The van der Waals surface area contributed by atoms with Gasteiger partial charge in [-0.1, -0.05) is 0 Å². The summed E-state index contributed by atoms with van der Waals surface area (Å²) in [7, 11) is 0. The Morgan fingerprint density at radius 3 is 3.17 bits per heavy atom. The molecule has 0 aromatic carbocycles. The second kappa shape index (κ2) is 6.51. The number of nitrogens with one attached hydrogen (secondary N) is 1. The number of thiazole rings is 1. The van der Waals surface area contributed by atoms with E-state index >= 15 is 0 Å². The van der Waals surface area contributed by atoms with Crippen molar-refractivity contribution in [1.29, 1.82) is 0 Å². The molecule has 4 heterocycles. The second-order valence-corrected chi connectivity index (χ2v) is 7.60. The summed E-state index contributed by atoms with van der Waals surface area (Å²) in [5.74, 6) is 2.82. The summed E-state index contributed by atoms with van der Waals surface area (Å²) < 4.78 is 2.26. The van der Waals surface area contributed by atoms with Crippen molar-refractivity contribution in [3.05, 3.63) is 39.5 Å². The number of thiophene rings is 1. The maximum atomic E-state index is 4.71. The van der Waals surface area contributed by atoms with E-state index in [-0.39, 0.29) is 0 Å². The molecule has 7 heteroatoms. The summed E-state index contributed by atoms with van der Waals surface area (Å²) in [6.07, 6.45) is 2.22. The highest BCUT2D eigenvalue weighted by atomic mass is 32.1. The summed E-state index contributed by atoms with van der Waals surface area (Å²) >= 11 is 3.44. The van der Waals surface area contributed by atoms with Gasteiger partial charge in [-0.15, -0.1) is 21.5 Å². The third-order valence-electron chi connectivity index (χ3n) is 4.29. The highest BCUT2D eigenvalue weighted by molar-refractivity contribution is 7.14. The van der Waals surface area contributed by atoms with Gasteiger partial charge in [0.15, 0.2) is 0 Å². The fourth-order valence-corrected chi connectivity index (χ4v) is 4.54. The molecule has 120 valence electrons.